The first-order valence-corrected chi connectivity index (χ1v) is 9.86. The number of nitrogens with zero attached hydrogens (tertiary/aromatic N) is 4. The third-order valence-electron chi connectivity index (χ3n) is 4.58. The fourth-order valence-corrected chi connectivity index (χ4v) is 4.95. The summed E-state index contributed by atoms with van der Waals surface area (Å²) in [5.74, 6) is 0.796. The Labute approximate surface area is 157 Å². The van der Waals surface area contributed by atoms with E-state index in [9.17, 15) is 10.2 Å². The van der Waals surface area contributed by atoms with Crippen molar-refractivity contribution in [1.82, 2.24) is 19.5 Å². The summed E-state index contributed by atoms with van der Waals surface area (Å²) in [6.07, 6.45) is 1.24. The van der Waals surface area contributed by atoms with Crippen LogP contribution < -0.4 is 0 Å². The second-order valence-corrected chi connectivity index (χ2v) is 8.29. The smallest absolute Gasteiger partial charge is 0.230 e. The summed E-state index contributed by atoms with van der Waals surface area (Å²) >= 11 is 5.01. The molecule has 3 heterocycles. The van der Waals surface area contributed by atoms with Crippen molar-refractivity contribution < 1.29 is 10.2 Å². The van der Waals surface area contributed by atoms with Gasteiger partial charge in [0.2, 0.25) is 10.8 Å². The van der Waals surface area contributed by atoms with E-state index in [1.165, 1.54) is 15.9 Å². The lowest BCUT2D eigenvalue weighted by atomic mass is 9.99. The van der Waals surface area contributed by atoms with Crippen LogP contribution in [-0.4, -0.2) is 48.9 Å². The number of hydrogen-bond acceptors (Lipinski definition) is 6. The van der Waals surface area contributed by atoms with E-state index in [0.29, 0.717) is 10.8 Å². The standard InChI is InChI=1S/C17H19BrN4O2S/c1-10-19-17-22(20-10)16(24)15(25-17)14(11-3-2-4-12(18)9-11)21-7-5-13(23)6-8-21/h2-4,9,13-14,23-24H,5-8H2,1H3/t14-/m0/s1. The molecule has 132 valence electrons. The number of benzene rings is 1. The van der Waals surface area contributed by atoms with Gasteiger partial charge >= 0.3 is 0 Å². The summed E-state index contributed by atoms with van der Waals surface area (Å²) < 4.78 is 2.51. The van der Waals surface area contributed by atoms with Crippen LogP contribution in [0.15, 0.2) is 28.7 Å². The van der Waals surface area contributed by atoms with Crippen LogP contribution in [0.4, 0.5) is 0 Å². The quantitative estimate of drug-likeness (QED) is 0.677. The Morgan fingerprint density at radius 2 is 2.08 bits per heavy atom. The number of aliphatic hydroxyl groups excluding tert-OH is 1. The van der Waals surface area contributed by atoms with Crippen molar-refractivity contribution in [1.29, 1.82) is 0 Å². The van der Waals surface area contributed by atoms with Gasteiger partial charge in [-0.25, -0.2) is 4.98 Å². The summed E-state index contributed by atoms with van der Waals surface area (Å²) in [4.78, 5) is 8.23. The highest BCUT2D eigenvalue weighted by atomic mass is 79.9. The molecule has 1 atom stereocenters. The van der Waals surface area contributed by atoms with Gasteiger partial charge < -0.3 is 10.2 Å². The largest absolute Gasteiger partial charge is 0.492 e. The Hall–Kier alpha value is -1.48. The molecule has 1 aliphatic heterocycles. The molecule has 0 unspecified atom stereocenters. The zero-order valence-electron chi connectivity index (χ0n) is 13.8. The fraction of sp³-hybridized carbons (Fsp3) is 0.412. The Bertz CT molecular complexity index is 901. The minimum Gasteiger partial charge on any atom is -0.492 e. The molecule has 8 heteroatoms. The Balaban J connectivity index is 1.81. The van der Waals surface area contributed by atoms with Crippen molar-refractivity contribution in [2.75, 3.05) is 13.1 Å². The summed E-state index contributed by atoms with van der Waals surface area (Å²) in [5, 5.41) is 24.9. The summed E-state index contributed by atoms with van der Waals surface area (Å²) in [6, 6.07) is 8.06. The lowest BCUT2D eigenvalue weighted by molar-refractivity contribution is 0.0689. The van der Waals surface area contributed by atoms with Crippen molar-refractivity contribution in [2.24, 2.45) is 0 Å². The molecular weight excluding hydrogens is 404 g/mol. The van der Waals surface area contributed by atoms with Crippen LogP contribution in [0.1, 0.15) is 35.1 Å². The molecule has 0 bridgehead atoms. The maximum Gasteiger partial charge on any atom is 0.230 e. The van der Waals surface area contributed by atoms with Gasteiger partial charge in [-0.05, 0) is 37.5 Å². The molecule has 0 spiro atoms. The zero-order valence-corrected chi connectivity index (χ0v) is 16.2. The average molecular weight is 423 g/mol. The highest BCUT2D eigenvalue weighted by molar-refractivity contribution is 9.10. The van der Waals surface area contributed by atoms with Gasteiger partial charge in [-0.2, -0.15) is 4.52 Å². The zero-order chi connectivity index (χ0) is 17.6. The molecule has 1 aromatic carbocycles. The SMILES string of the molecule is Cc1nc2sc([C@H](c3cccc(Br)c3)N3CCC(O)CC3)c(O)n2n1. The number of aliphatic hydroxyl groups is 1. The average Bonchev–Trinajstić information content (AvgIpc) is 3.08. The van der Waals surface area contributed by atoms with Gasteiger partial charge in [0, 0.05) is 17.6 Å². The Morgan fingerprint density at radius 1 is 1.32 bits per heavy atom. The van der Waals surface area contributed by atoms with Crippen molar-refractivity contribution >= 4 is 32.2 Å². The molecule has 0 amide bonds. The number of piperidine rings is 1. The Kier molecular flexibility index (Phi) is 4.53. The second kappa shape index (κ2) is 6.68. The molecule has 2 aromatic heterocycles. The van der Waals surface area contributed by atoms with Crippen LogP contribution in [0.5, 0.6) is 5.88 Å². The molecule has 4 rings (SSSR count). The third kappa shape index (κ3) is 3.19. The number of halogens is 1. The number of aryl methyl sites for hydroxylation is 1. The van der Waals surface area contributed by atoms with E-state index in [1.54, 1.807) is 0 Å². The van der Waals surface area contributed by atoms with Gasteiger partial charge in [-0.1, -0.05) is 39.4 Å². The van der Waals surface area contributed by atoms with Crippen LogP contribution in [0.2, 0.25) is 0 Å². The molecule has 1 aliphatic rings. The van der Waals surface area contributed by atoms with Crippen LogP contribution in [0, 0.1) is 6.92 Å². The van der Waals surface area contributed by atoms with E-state index in [2.05, 4.69) is 43.0 Å². The number of aromatic hydroxyl groups is 1. The van der Waals surface area contributed by atoms with Crippen LogP contribution >= 0.6 is 27.3 Å². The first kappa shape index (κ1) is 17.0. The van der Waals surface area contributed by atoms with Gasteiger partial charge in [-0.15, -0.1) is 5.10 Å². The summed E-state index contributed by atoms with van der Waals surface area (Å²) in [5.41, 5.74) is 1.10. The van der Waals surface area contributed by atoms with Crippen LogP contribution in [0.25, 0.3) is 4.96 Å². The van der Waals surface area contributed by atoms with Gasteiger partial charge in [-0.3, -0.25) is 4.90 Å². The van der Waals surface area contributed by atoms with E-state index >= 15 is 0 Å². The molecule has 25 heavy (non-hydrogen) atoms. The lowest BCUT2D eigenvalue weighted by Gasteiger charge is -2.36. The Morgan fingerprint density at radius 3 is 2.76 bits per heavy atom. The number of thiazole rings is 1. The number of rotatable bonds is 3. The van der Waals surface area contributed by atoms with Gasteiger partial charge in [0.15, 0.2) is 0 Å². The normalized spacial score (nSPS) is 18.0. The molecule has 3 aromatic rings. The number of fused-ring (bicyclic) bond motifs is 1. The minimum atomic E-state index is -0.238. The predicted octanol–water partition coefficient (Wildman–Crippen LogP) is 3.11. The lowest BCUT2D eigenvalue weighted by Crippen LogP contribution is -2.38. The predicted molar refractivity (Wildman–Crippen MR) is 100 cm³/mol. The van der Waals surface area contributed by atoms with Crippen molar-refractivity contribution in [2.45, 2.75) is 31.9 Å². The van der Waals surface area contributed by atoms with E-state index in [0.717, 1.165) is 40.8 Å². The molecule has 0 aliphatic carbocycles. The molecule has 1 saturated heterocycles. The number of likely N-dealkylation sites (tertiary alicyclic amines) is 1. The fourth-order valence-electron chi connectivity index (χ4n) is 3.37. The van der Waals surface area contributed by atoms with E-state index in [-0.39, 0.29) is 18.0 Å². The van der Waals surface area contributed by atoms with Crippen molar-refractivity contribution in [3.05, 3.63) is 45.0 Å². The van der Waals surface area contributed by atoms with E-state index < -0.39 is 0 Å². The third-order valence-corrected chi connectivity index (χ3v) is 6.15. The first-order chi connectivity index (χ1) is 12.0. The summed E-state index contributed by atoms with van der Waals surface area (Å²) in [7, 11) is 0. The summed E-state index contributed by atoms with van der Waals surface area (Å²) in [6.45, 7) is 3.38. The molecular formula is C17H19BrN4O2S. The van der Waals surface area contributed by atoms with Crippen LogP contribution in [-0.2, 0) is 0 Å². The molecule has 2 N–H and O–H groups in total. The van der Waals surface area contributed by atoms with Crippen LogP contribution in [0.3, 0.4) is 0 Å². The van der Waals surface area contributed by atoms with Gasteiger partial charge in [0.25, 0.3) is 0 Å². The molecule has 0 radical (unpaired) electrons. The maximum atomic E-state index is 10.8. The molecule has 0 saturated carbocycles. The molecule has 1 fully saturated rings. The second-order valence-electron chi connectivity index (χ2n) is 6.37. The number of hydrogen-bond donors (Lipinski definition) is 2. The highest BCUT2D eigenvalue weighted by Crippen LogP contribution is 2.41. The highest BCUT2D eigenvalue weighted by Gasteiger charge is 2.31. The molecule has 6 nitrogen and oxygen atoms in total. The topological polar surface area (TPSA) is 73.9 Å². The maximum absolute atomic E-state index is 10.8. The number of aromatic nitrogens is 3. The van der Waals surface area contributed by atoms with E-state index in [4.69, 9.17) is 0 Å². The van der Waals surface area contributed by atoms with Crippen molar-refractivity contribution in [3.8, 4) is 5.88 Å². The minimum absolute atomic E-state index is 0.0844. The van der Waals surface area contributed by atoms with Gasteiger partial charge in [0.1, 0.15) is 5.82 Å². The monoisotopic (exact) mass is 422 g/mol. The van der Waals surface area contributed by atoms with E-state index in [1.807, 2.05) is 19.1 Å². The van der Waals surface area contributed by atoms with Crippen molar-refractivity contribution in [3.63, 3.8) is 0 Å². The van der Waals surface area contributed by atoms with Gasteiger partial charge in [0.05, 0.1) is 17.0 Å². The first-order valence-electron chi connectivity index (χ1n) is 8.25.